The van der Waals surface area contributed by atoms with E-state index in [0.717, 1.165) is 22.5 Å². The van der Waals surface area contributed by atoms with Crippen molar-refractivity contribution < 1.29 is 9.53 Å². The van der Waals surface area contributed by atoms with E-state index in [9.17, 15) is 4.79 Å². The van der Waals surface area contributed by atoms with Gasteiger partial charge < -0.3 is 4.74 Å². The molecular weight excluding hydrogens is 290 g/mol. The van der Waals surface area contributed by atoms with Gasteiger partial charge in [-0.25, -0.2) is 4.98 Å². The molecule has 1 aromatic rings. The number of ether oxygens (including phenoxy) is 1. The standard InChI is InChI=1S/C11H12BrNO2S/c12-9-1-2-11(13-5-9)16-7-10(14)8-3-4-15-6-8/h1-2,5,8H,3-4,6-7H2. The topological polar surface area (TPSA) is 39.2 Å². The minimum atomic E-state index is 0.1000. The lowest BCUT2D eigenvalue weighted by atomic mass is 10.1. The molecule has 1 aromatic heterocycles. The Morgan fingerprint density at radius 2 is 2.50 bits per heavy atom. The van der Waals surface area contributed by atoms with Crippen LogP contribution in [0.2, 0.25) is 0 Å². The molecule has 1 aliphatic heterocycles. The van der Waals surface area contributed by atoms with Crippen LogP contribution in [-0.2, 0) is 9.53 Å². The number of Topliss-reactive ketones (excluding diaryl/α,β-unsaturated/α-hetero) is 1. The van der Waals surface area contributed by atoms with Gasteiger partial charge in [0.05, 0.1) is 17.4 Å². The summed E-state index contributed by atoms with van der Waals surface area (Å²) >= 11 is 4.81. The summed E-state index contributed by atoms with van der Waals surface area (Å²) in [5, 5.41) is 0.885. The molecule has 2 rings (SSSR count). The number of pyridine rings is 1. The van der Waals surface area contributed by atoms with Crippen molar-refractivity contribution in [3.63, 3.8) is 0 Å². The second-order valence-corrected chi connectivity index (χ2v) is 5.54. The zero-order chi connectivity index (χ0) is 11.4. The van der Waals surface area contributed by atoms with Gasteiger partial charge in [-0.2, -0.15) is 0 Å². The van der Waals surface area contributed by atoms with Gasteiger partial charge in [0, 0.05) is 23.2 Å². The number of carbonyl (C=O) groups is 1. The Labute approximate surface area is 107 Å². The highest BCUT2D eigenvalue weighted by Gasteiger charge is 2.23. The summed E-state index contributed by atoms with van der Waals surface area (Å²) in [6.07, 6.45) is 2.61. The summed E-state index contributed by atoms with van der Waals surface area (Å²) in [5.74, 6) is 0.859. The highest BCUT2D eigenvalue weighted by molar-refractivity contribution is 9.10. The third-order valence-corrected chi connectivity index (χ3v) is 3.88. The monoisotopic (exact) mass is 301 g/mol. The Bertz CT molecular complexity index is 363. The van der Waals surface area contributed by atoms with Crippen molar-refractivity contribution in [2.45, 2.75) is 11.4 Å². The molecular formula is C11H12BrNO2S. The van der Waals surface area contributed by atoms with Crippen molar-refractivity contribution in [3.05, 3.63) is 22.8 Å². The number of hydrogen-bond acceptors (Lipinski definition) is 4. The molecule has 0 aromatic carbocycles. The molecule has 2 heterocycles. The van der Waals surface area contributed by atoms with E-state index in [0.29, 0.717) is 12.4 Å². The van der Waals surface area contributed by atoms with Gasteiger partial charge in [-0.3, -0.25) is 4.79 Å². The van der Waals surface area contributed by atoms with Crippen LogP contribution >= 0.6 is 27.7 Å². The minimum absolute atomic E-state index is 0.1000. The molecule has 0 spiro atoms. The highest BCUT2D eigenvalue weighted by atomic mass is 79.9. The molecule has 0 N–H and O–H groups in total. The van der Waals surface area contributed by atoms with E-state index >= 15 is 0 Å². The summed E-state index contributed by atoms with van der Waals surface area (Å²) in [5.41, 5.74) is 0. The van der Waals surface area contributed by atoms with E-state index < -0.39 is 0 Å². The van der Waals surface area contributed by atoms with Crippen LogP contribution in [0.4, 0.5) is 0 Å². The largest absolute Gasteiger partial charge is 0.381 e. The van der Waals surface area contributed by atoms with Crippen molar-refractivity contribution in [2.24, 2.45) is 5.92 Å². The summed E-state index contributed by atoms with van der Waals surface area (Å²) in [7, 11) is 0. The lowest BCUT2D eigenvalue weighted by Crippen LogP contribution is -2.16. The zero-order valence-electron chi connectivity index (χ0n) is 8.69. The fourth-order valence-electron chi connectivity index (χ4n) is 1.50. The third kappa shape index (κ3) is 3.30. The van der Waals surface area contributed by atoms with Crippen LogP contribution in [0.5, 0.6) is 0 Å². The van der Waals surface area contributed by atoms with Crippen LogP contribution in [0.15, 0.2) is 27.8 Å². The van der Waals surface area contributed by atoms with Gasteiger partial charge in [0.2, 0.25) is 0 Å². The van der Waals surface area contributed by atoms with Crippen molar-refractivity contribution in [1.29, 1.82) is 0 Å². The Morgan fingerprint density at radius 3 is 3.12 bits per heavy atom. The molecule has 0 amide bonds. The fraction of sp³-hybridized carbons (Fsp3) is 0.455. The van der Waals surface area contributed by atoms with E-state index in [-0.39, 0.29) is 11.7 Å². The van der Waals surface area contributed by atoms with Crippen molar-refractivity contribution in [1.82, 2.24) is 4.98 Å². The Morgan fingerprint density at radius 1 is 1.62 bits per heavy atom. The molecule has 0 bridgehead atoms. The molecule has 1 fully saturated rings. The van der Waals surface area contributed by atoms with Gasteiger partial charge in [-0.15, -0.1) is 0 Å². The first kappa shape index (κ1) is 12.1. The molecule has 0 saturated carbocycles. The maximum atomic E-state index is 11.7. The predicted octanol–water partition coefficient (Wildman–Crippen LogP) is 2.54. The fourth-order valence-corrected chi connectivity index (χ4v) is 2.55. The number of carbonyl (C=O) groups excluding carboxylic acids is 1. The number of halogens is 1. The first-order valence-electron chi connectivity index (χ1n) is 5.10. The third-order valence-electron chi connectivity index (χ3n) is 2.45. The van der Waals surface area contributed by atoms with Crippen molar-refractivity contribution >= 4 is 33.5 Å². The molecule has 0 radical (unpaired) electrons. The molecule has 16 heavy (non-hydrogen) atoms. The maximum Gasteiger partial charge on any atom is 0.148 e. The normalized spacial score (nSPS) is 19.9. The molecule has 0 aliphatic carbocycles. The van der Waals surface area contributed by atoms with Crippen molar-refractivity contribution in [2.75, 3.05) is 19.0 Å². The molecule has 1 aliphatic rings. The van der Waals surface area contributed by atoms with E-state index in [1.54, 1.807) is 6.20 Å². The maximum absolute atomic E-state index is 11.7. The van der Waals surface area contributed by atoms with Crippen LogP contribution < -0.4 is 0 Å². The number of aromatic nitrogens is 1. The molecule has 3 nitrogen and oxygen atoms in total. The number of ketones is 1. The van der Waals surface area contributed by atoms with E-state index in [2.05, 4.69) is 20.9 Å². The van der Waals surface area contributed by atoms with E-state index in [1.807, 2.05) is 12.1 Å². The predicted molar refractivity (Wildman–Crippen MR) is 66.6 cm³/mol. The lowest BCUT2D eigenvalue weighted by molar-refractivity contribution is -0.120. The smallest absolute Gasteiger partial charge is 0.148 e. The number of hydrogen-bond donors (Lipinski definition) is 0. The zero-order valence-corrected chi connectivity index (χ0v) is 11.1. The van der Waals surface area contributed by atoms with Gasteiger partial charge in [-0.05, 0) is 34.5 Å². The van der Waals surface area contributed by atoms with Crippen LogP contribution in [-0.4, -0.2) is 29.7 Å². The lowest BCUT2D eigenvalue weighted by Gasteiger charge is -2.05. The van der Waals surface area contributed by atoms with Gasteiger partial charge >= 0.3 is 0 Å². The quantitative estimate of drug-likeness (QED) is 0.801. The van der Waals surface area contributed by atoms with Crippen molar-refractivity contribution in [3.8, 4) is 0 Å². The summed E-state index contributed by atoms with van der Waals surface area (Å²) < 4.78 is 6.15. The summed E-state index contributed by atoms with van der Waals surface area (Å²) in [4.78, 5) is 16.0. The minimum Gasteiger partial charge on any atom is -0.381 e. The van der Waals surface area contributed by atoms with E-state index in [4.69, 9.17) is 4.74 Å². The van der Waals surface area contributed by atoms with Crippen LogP contribution in [0, 0.1) is 5.92 Å². The van der Waals surface area contributed by atoms with Gasteiger partial charge in [-0.1, -0.05) is 11.8 Å². The first-order valence-corrected chi connectivity index (χ1v) is 6.88. The second-order valence-electron chi connectivity index (χ2n) is 3.63. The Balaban J connectivity index is 1.82. The molecule has 1 unspecified atom stereocenters. The first-order chi connectivity index (χ1) is 7.75. The van der Waals surface area contributed by atoms with Crippen LogP contribution in [0.25, 0.3) is 0 Å². The molecule has 1 saturated heterocycles. The number of nitrogens with zero attached hydrogens (tertiary/aromatic N) is 1. The van der Waals surface area contributed by atoms with Gasteiger partial charge in [0.25, 0.3) is 0 Å². The number of rotatable bonds is 4. The van der Waals surface area contributed by atoms with Crippen LogP contribution in [0.3, 0.4) is 0 Å². The summed E-state index contributed by atoms with van der Waals surface area (Å²) in [6, 6.07) is 3.84. The number of thioether (sulfide) groups is 1. The Hall–Kier alpha value is -0.390. The highest BCUT2D eigenvalue weighted by Crippen LogP contribution is 2.21. The average Bonchev–Trinajstić information content (AvgIpc) is 2.81. The van der Waals surface area contributed by atoms with E-state index in [1.165, 1.54) is 11.8 Å². The van der Waals surface area contributed by atoms with Crippen LogP contribution in [0.1, 0.15) is 6.42 Å². The second kappa shape index (κ2) is 5.80. The Kier molecular flexibility index (Phi) is 4.37. The van der Waals surface area contributed by atoms with Gasteiger partial charge in [0.1, 0.15) is 5.78 Å². The molecule has 86 valence electrons. The summed E-state index contributed by atoms with van der Waals surface area (Å²) in [6.45, 7) is 1.31. The molecule has 5 heteroatoms. The average molecular weight is 302 g/mol. The molecule has 1 atom stereocenters. The SMILES string of the molecule is O=C(CSc1ccc(Br)cn1)C1CCOC1. The van der Waals surface area contributed by atoms with Gasteiger partial charge in [0.15, 0.2) is 0 Å².